The van der Waals surface area contributed by atoms with Crippen molar-refractivity contribution in [3.05, 3.63) is 29.8 Å². The summed E-state index contributed by atoms with van der Waals surface area (Å²) in [5, 5.41) is 3.20. The van der Waals surface area contributed by atoms with E-state index in [-0.39, 0.29) is 5.75 Å². The average molecular weight is 259 g/mol. The van der Waals surface area contributed by atoms with Crippen molar-refractivity contribution in [3.8, 4) is 0 Å². The lowest BCUT2D eigenvalue weighted by atomic mass is 10.2. The predicted molar refractivity (Wildman–Crippen MR) is 69.7 cm³/mol. The molecule has 1 aromatic carbocycles. The van der Waals surface area contributed by atoms with Crippen molar-refractivity contribution in [3.63, 3.8) is 0 Å². The van der Waals surface area contributed by atoms with Gasteiger partial charge in [-0.25, -0.2) is 8.42 Å². The minimum Gasteiger partial charge on any atom is -0.312 e. The van der Waals surface area contributed by atoms with Crippen LogP contribution in [0.4, 0.5) is 0 Å². The Balaban J connectivity index is 2.68. The standard InChI is InChI=1S/C11H17NO2S2/c1-2-16(13,14)11-5-3-10(4-6-11)9-12-7-8-15/h3-6,12,15H,2,7-9H2,1H3. The molecule has 0 fully saturated rings. The second kappa shape index (κ2) is 6.27. The molecule has 3 nitrogen and oxygen atoms in total. The van der Waals surface area contributed by atoms with Crippen LogP contribution in [0.25, 0.3) is 0 Å². The zero-order valence-electron chi connectivity index (χ0n) is 9.31. The molecular weight excluding hydrogens is 242 g/mol. The molecule has 0 saturated carbocycles. The van der Waals surface area contributed by atoms with Crippen LogP contribution in [0, 0.1) is 0 Å². The van der Waals surface area contributed by atoms with Gasteiger partial charge >= 0.3 is 0 Å². The zero-order chi connectivity index (χ0) is 12.0. The molecule has 0 aromatic heterocycles. The van der Waals surface area contributed by atoms with E-state index in [0.29, 0.717) is 4.90 Å². The molecule has 1 aromatic rings. The number of benzene rings is 1. The van der Waals surface area contributed by atoms with Gasteiger partial charge in [0.2, 0.25) is 0 Å². The monoisotopic (exact) mass is 259 g/mol. The van der Waals surface area contributed by atoms with Gasteiger partial charge in [-0.05, 0) is 17.7 Å². The van der Waals surface area contributed by atoms with E-state index in [2.05, 4.69) is 17.9 Å². The highest BCUT2D eigenvalue weighted by molar-refractivity contribution is 7.91. The van der Waals surface area contributed by atoms with Crippen LogP contribution in [-0.2, 0) is 16.4 Å². The van der Waals surface area contributed by atoms with E-state index in [0.717, 1.165) is 24.4 Å². The van der Waals surface area contributed by atoms with Crippen LogP contribution in [0.3, 0.4) is 0 Å². The van der Waals surface area contributed by atoms with Crippen molar-refractivity contribution in [2.75, 3.05) is 18.1 Å². The van der Waals surface area contributed by atoms with Crippen LogP contribution < -0.4 is 5.32 Å². The van der Waals surface area contributed by atoms with Crippen LogP contribution in [0.2, 0.25) is 0 Å². The summed E-state index contributed by atoms with van der Waals surface area (Å²) in [6.45, 7) is 3.24. The van der Waals surface area contributed by atoms with Gasteiger partial charge in [-0.2, -0.15) is 12.6 Å². The Kier molecular flexibility index (Phi) is 5.31. The first-order valence-corrected chi connectivity index (χ1v) is 7.52. The van der Waals surface area contributed by atoms with Crippen LogP contribution in [-0.4, -0.2) is 26.5 Å². The first-order valence-electron chi connectivity index (χ1n) is 5.23. The second-order valence-electron chi connectivity index (χ2n) is 3.45. The molecule has 0 aliphatic carbocycles. The Morgan fingerprint density at radius 1 is 1.25 bits per heavy atom. The molecule has 0 radical (unpaired) electrons. The number of hydrogen-bond donors (Lipinski definition) is 2. The van der Waals surface area contributed by atoms with Gasteiger partial charge in [0.15, 0.2) is 9.84 Å². The number of thiol groups is 1. The average Bonchev–Trinajstić information content (AvgIpc) is 2.30. The van der Waals surface area contributed by atoms with Gasteiger partial charge in [-0.3, -0.25) is 0 Å². The molecule has 0 amide bonds. The number of hydrogen-bond acceptors (Lipinski definition) is 4. The van der Waals surface area contributed by atoms with E-state index >= 15 is 0 Å². The van der Waals surface area contributed by atoms with E-state index < -0.39 is 9.84 Å². The van der Waals surface area contributed by atoms with E-state index in [1.165, 1.54) is 0 Å². The van der Waals surface area contributed by atoms with Gasteiger partial charge < -0.3 is 5.32 Å². The maximum atomic E-state index is 11.5. The minimum absolute atomic E-state index is 0.143. The van der Waals surface area contributed by atoms with Crippen LogP contribution >= 0.6 is 12.6 Å². The van der Waals surface area contributed by atoms with Gasteiger partial charge in [-0.15, -0.1) is 0 Å². The lowest BCUT2D eigenvalue weighted by Crippen LogP contribution is -2.15. The highest BCUT2D eigenvalue weighted by Crippen LogP contribution is 2.12. The van der Waals surface area contributed by atoms with Crippen molar-refractivity contribution < 1.29 is 8.42 Å². The largest absolute Gasteiger partial charge is 0.312 e. The molecule has 0 aliphatic rings. The summed E-state index contributed by atoms with van der Waals surface area (Å²) in [4.78, 5) is 0.396. The third-order valence-electron chi connectivity index (χ3n) is 2.28. The molecule has 5 heteroatoms. The summed E-state index contributed by atoms with van der Waals surface area (Å²) in [6, 6.07) is 7.01. The zero-order valence-corrected chi connectivity index (χ0v) is 11.0. The van der Waals surface area contributed by atoms with E-state index in [9.17, 15) is 8.42 Å². The van der Waals surface area contributed by atoms with Gasteiger partial charge in [0.05, 0.1) is 10.6 Å². The van der Waals surface area contributed by atoms with Gasteiger partial charge in [0.25, 0.3) is 0 Å². The maximum absolute atomic E-state index is 11.5. The van der Waals surface area contributed by atoms with Crippen molar-refractivity contribution >= 4 is 22.5 Å². The molecule has 0 spiro atoms. The number of rotatable bonds is 6. The van der Waals surface area contributed by atoms with Crippen LogP contribution in [0.1, 0.15) is 12.5 Å². The van der Waals surface area contributed by atoms with E-state index in [1.54, 1.807) is 19.1 Å². The highest BCUT2D eigenvalue weighted by atomic mass is 32.2. The normalized spacial score (nSPS) is 11.6. The van der Waals surface area contributed by atoms with Crippen molar-refractivity contribution in [2.24, 2.45) is 0 Å². The minimum atomic E-state index is -3.07. The first kappa shape index (κ1) is 13.5. The summed E-state index contributed by atoms with van der Waals surface area (Å²) in [5.41, 5.74) is 1.08. The Labute approximate surface area is 103 Å². The molecule has 1 N–H and O–H groups in total. The van der Waals surface area contributed by atoms with Gasteiger partial charge in [0, 0.05) is 18.8 Å². The van der Waals surface area contributed by atoms with Crippen molar-refractivity contribution in [1.29, 1.82) is 0 Å². The fourth-order valence-corrected chi connectivity index (χ4v) is 2.34. The molecule has 16 heavy (non-hydrogen) atoms. The Bertz CT molecular complexity index is 412. The van der Waals surface area contributed by atoms with Crippen molar-refractivity contribution in [2.45, 2.75) is 18.4 Å². The van der Waals surface area contributed by atoms with Gasteiger partial charge in [0.1, 0.15) is 0 Å². The van der Waals surface area contributed by atoms with Gasteiger partial charge in [-0.1, -0.05) is 19.1 Å². The Morgan fingerprint density at radius 3 is 2.38 bits per heavy atom. The molecule has 0 unspecified atom stereocenters. The molecule has 0 atom stereocenters. The summed E-state index contributed by atoms with van der Waals surface area (Å²) in [5.74, 6) is 0.937. The lowest BCUT2D eigenvalue weighted by Gasteiger charge is -2.05. The molecule has 0 bridgehead atoms. The Morgan fingerprint density at radius 2 is 1.88 bits per heavy atom. The van der Waals surface area contributed by atoms with Crippen LogP contribution in [0.5, 0.6) is 0 Å². The van der Waals surface area contributed by atoms with E-state index in [1.807, 2.05) is 12.1 Å². The SMILES string of the molecule is CCS(=O)(=O)c1ccc(CNCCS)cc1. The molecular formula is C11H17NO2S2. The summed E-state index contributed by atoms with van der Waals surface area (Å²) >= 11 is 4.09. The summed E-state index contributed by atoms with van der Waals surface area (Å²) in [6.07, 6.45) is 0. The van der Waals surface area contributed by atoms with Crippen molar-refractivity contribution in [1.82, 2.24) is 5.32 Å². The fraction of sp³-hybridized carbons (Fsp3) is 0.455. The first-order chi connectivity index (χ1) is 7.60. The third kappa shape index (κ3) is 3.81. The van der Waals surface area contributed by atoms with E-state index in [4.69, 9.17) is 0 Å². The molecule has 0 saturated heterocycles. The highest BCUT2D eigenvalue weighted by Gasteiger charge is 2.10. The molecule has 90 valence electrons. The molecule has 0 heterocycles. The second-order valence-corrected chi connectivity index (χ2v) is 6.17. The smallest absolute Gasteiger partial charge is 0.178 e. The van der Waals surface area contributed by atoms with Crippen LogP contribution in [0.15, 0.2) is 29.2 Å². The quantitative estimate of drug-likeness (QED) is 0.601. The predicted octanol–water partition coefficient (Wildman–Crippen LogP) is 1.50. The summed E-state index contributed by atoms with van der Waals surface area (Å²) < 4.78 is 23.1. The number of nitrogens with one attached hydrogen (secondary N) is 1. The maximum Gasteiger partial charge on any atom is 0.178 e. The summed E-state index contributed by atoms with van der Waals surface area (Å²) in [7, 11) is -3.07. The molecule has 0 aliphatic heterocycles. The lowest BCUT2D eigenvalue weighted by molar-refractivity contribution is 0.597. The third-order valence-corrected chi connectivity index (χ3v) is 4.25. The topological polar surface area (TPSA) is 46.2 Å². The molecule has 1 rings (SSSR count). The Hall–Kier alpha value is -0.520. The fourth-order valence-electron chi connectivity index (χ4n) is 1.29. The number of sulfone groups is 1.